The van der Waals surface area contributed by atoms with Crippen molar-refractivity contribution in [3.05, 3.63) is 58.2 Å². The summed E-state index contributed by atoms with van der Waals surface area (Å²) in [6.07, 6.45) is 3.02. The van der Waals surface area contributed by atoms with E-state index >= 15 is 0 Å². The number of aromatic nitrogens is 3. The van der Waals surface area contributed by atoms with Gasteiger partial charge < -0.3 is 10.1 Å². The summed E-state index contributed by atoms with van der Waals surface area (Å²) in [5.41, 5.74) is 2.44. The van der Waals surface area contributed by atoms with Gasteiger partial charge in [0.25, 0.3) is 0 Å². The molecule has 2 N–H and O–H groups in total. The first-order valence-corrected chi connectivity index (χ1v) is 9.54. The van der Waals surface area contributed by atoms with Crippen molar-refractivity contribution >= 4 is 27.1 Å². The van der Waals surface area contributed by atoms with Crippen LogP contribution in [0.2, 0.25) is 0 Å². The van der Waals surface area contributed by atoms with Gasteiger partial charge in [0.1, 0.15) is 11.6 Å². The van der Waals surface area contributed by atoms with Gasteiger partial charge in [0.2, 0.25) is 0 Å². The largest absolute Gasteiger partial charge is 0.388 e. The Morgan fingerprint density at radius 1 is 1.27 bits per heavy atom. The van der Waals surface area contributed by atoms with E-state index in [0.717, 1.165) is 59.5 Å². The monoisotopic (exact) mass is 418 g/mol. The Morgan fingerprint density at radius 2 is 2.00 bits per heavy atom. The Hall–Kier alpha value is -1.83. The minimum atomic E-state index is -0.537. The highest BCUT2D eigenvalue weighted by Crippen LogP contribution is 2.31. The number of piperidine rings is 1. The van der Waals surface area contributed by atoms with E-state index in [-0.39, 0.29) is 11.7 Å². The zero-order valence-electron chi connectivity index (χ0n) is 14.2. The molecule has 1 fully saturated rings. The summed E-state index contributed by atoms with van der Waals surface area (Å²) in [6.45, 7) is 2.54. The van der Waals surface area contributed by atoms with Crippen molar-refractivity contribution in [3.63, 3.8) is 0 Å². The summed E-state index contributed by atoms with van der Waals surface area (Å²) in [4.78, 5) is 14.5. The number of aliphatic hydroxyl groups is 1. The molecule has 7 heteroatoms. The summed E-state index contributed by atoms with van der Waals surface area (Å²) >= 11 is 3.42. The van der Waals surface area contributed by atoms with Gasteiger partial charge in [0.15, 0.2) is 5.65 Å². The number of likely N-dealkylation sites (tertiary alicyclic amines) is 1. The highest BCUT2D eigenvalue weighted by molar-refractivity contribution is 9.10. The summed E-state index contributed by atoms with van der Waals surface area (Å²) in [6, 6.07) is 8.13. The van der Waals surface area contributed by atoms with E-state index in [1.165, 1.54) is 12.1 Å². The number of rotatable bonds is 4. The number of aromatic amines is 1. The standard InChI is InChI=1S/C19H20BrFN4O/c20-14-9-16-19(22-10-14)24-17(23-16)11-25-7-5-13(6-8-25)18(26)12-1-3-15(21)4-2-12/h1-4,9-10,13,18,26H,5-8,11H2,(H,22,23,24). The van der Waals surface area contributed by atoms with Crippen LogP contribution in [0.15, 0.2) is 41.0 Å². The molecule has 1 aromatic carbocycles. The second-order valence-corrected chi connectivity index (χ2v) is 7.73. The van der Waals surface area contributed by atoms with Crippen molar-refractivity contribution in [2.24, 2.45) is 5.92 Å². The summed E-state index contributed by atoms with van der Waals surface area (Å²) in [5.74, 6) is 0.830. The maximum Gasteiger partial charge on any atom is 0.177 e. The molecule has 3 heterocycles. The van der Waals surface area contributed by atoms with Crippen molar-refractivity contribution in [3.8, 4) is 0 Å². The predicted octanol–water partition coefficient (Wildman–Crippen LogP) is 3.81. The lowest BCUT2D eigenvalue weighted by atomic mass is 9.87. The number of H-pyrrole nitrogens is 1. The van der Waals surface area contributed by atoms with Gasteiger partial charge in [-0.3, -0.25) is 4.90 Å². The molecule has 0 spiro atoms. The number of aliphatic hydroxyl groups excluding tert-OH is 1. The number of fused-ring (bicyclic) bond motifs is 1. The lowest BCUT2D eigenvalue weighted by molar-refractivity contribution is 0.0561. The second-order valence-electron chi connectivity index (χ2n) is 6.82. The van der Waals surface area contributed by atoms with Crippen molar-refractivity contribution < 1.29 is 9.50 Å². The first-order valence-electron chi connectivity index (χ1n) is 8.74. The van der Waals surface area contributed by atoms with Gasteiger partial charge >= 0.3 is 0 Å². The van der Waals surface area contributed by atoms with Crippen LogP contribution in [0.4, 0.5) is 4.39 Å². The average molecular weight is 419 g/mol. The number of hydrogen-bond acceptors (Lipinski definition) is 4. The first kappa shape index (κ1) is 17.6. The Morgan fingerprint density at radius 3 is 2.73 bits per heavy atom. The van der Waals surface area contributed by atoms with Gasteiger partial charge in [-0.05, 0) is 71.5 Å². The molecule has 1 aliphatic heterocycles. The zero-order valence-corrected chi connectivity index (χ0v) is 15.8. The Balaban J connectivity index is 1.36. The van der Waals surface area contributed by atoms with Crippen molar-refractivity contribution in [2.75, 3.05) is 13.1 Å². The lowest BCUT2D eigenvalue weighted by Gasteiger charge is -2.33. The van der Waals surface area contributed by atoms with E-state index < -0.39 is 6.10 Å². The van der Waals surface area contributed by atoms with E-state index in [0.29, 0.717) is 0 Å². The SMILES string of the molecule is OC(c1ccc(F)cc1)C1CCN(Cc2nc3ncc(Br)cc3[nH]2)CC1. The fourth-order valence-corrected chi connectivity index (χ4v) is 3.90. The molecule has 0 saturated carbocycles. The predicted molar refractivity (Wildman–Crippen MR) is 101 cm³/mol. The molecule has 0 radical (unpaired) electrons. The van der Waals surface area contributed by atoms with Gasteiger partial charge in [-0.1, -0.05) is 12.1 Å². The third-order valence-electron chi connectivity index (χ3n) is 5.02. The molecule has 0 aliphatic carbocycles. The third-order valence-corrected chi connectivity index (χ3v) is 5.45. The number of benzene rings is 1. The number of pyridine rings is 1. The number of imidazole rings is 1. The molecule has 5 nitrogen and oxygen atoms in total. The topological polar surface area (TPSA) is 65.0 Å². The van der Waals surface area contributed by atoms with Gasteiger partial charge in [0.05, 0.1) is 18.2 Å². The third kappa shape index (κ3) is 3.79. The molecule has 136 valence electrons. The minimum Gasteiger partial charge on any atom is -0.388 e. The van der Waals surface area contributed by atoms with Crippen molar-refractivity contribution in [1.82, 2.24) is 19.9 Å². The molecule has 1 atom stereocenters. The molecule has 4 rings (SSSR count). The Kier molecular flexibility index (Phi) is 5.02. The van der Waals surface area contributed by atoms with E-state index in [1.807, 2.05) is 6.07 Å². The van der Waals surface area contributed by atoms with Crippen LogP contribution in [0.5, 0.6) is 0 Å². The highest BCUT2D eigenvalue weighted by atomic mass is 79.9. The van der Waals surface area contributed by atoms with E-state index in [2.05, 4.69) is 35.8 Å². The smallest absolute Gasteiger partial charge is 0.177 e. The summed E-state index contributed by atoms with van der Waals surface area (Å²) < 4.78 is 14.0. The molecule has 1 saturated heterocycles. The molecule has 3 aromatic rings. The van der Waals surface area contributed by atoms with Crippen molar-refractivity contribution in [2.45, 2.75) is 25.5 Å². The van der Waals surface area contributed by atoms with Gasteiger partial charge in [0, 0.05) is 10.7 Å². The molecular formula is C19H20BrFN4O. The summed E-state index contributed by atoms with van der Waals surface area (Å²) in [7, 11) is 0. The van der Waals surface area contributed by atoms with Gasteiger partial charge in [-0.2, -0.15) is 0 Å². The van der Waals surface area contributed by atoms with Gasteiger partial charge in [-0.25, -0.2) is 14.4 Å². The lowest BCUT2D eigenvalue weighted by Crippen LogP contribution is -2.35. The van der Waals surface area contributed by atoms with E-state index in [9.17, 15) is 9.50 Å². The fraction of sp³-hybridized carbons (Fsp3) is 0.368. The van der Waals surface area contributed by atoms with Crippen LogP contribution in [0.25, 0.3) is 11.2 Å². The normalized spacial score (nSPS) is 17.7. The molecule has 26 heavy (non-hydrogen) atoms. The van der Waals surface area contributed by atoms with Crippen LogP contribution >= 0.6 is 15.9 Å². The van der Waals surface area contributed by atoms with E-state index in [4.69, 9.17) is 0 Å². The van der Waals surface area contributed by atoms with Crippen LogP contribution in [0.1, 0.15) is 30.3 Å². The highest BCUT2D eigenvalue weighted by Gasteiger charge is 2.26. The maximum atomic E-state index is 13.0. The van der Waals surface area contributed by atoms with Crippen LogP contribution in [0, 0.1) is 11.7 Å². The molecule has 2 aromatic heterocycles. The number of nitrogens with one attached hydrogen (secondary N) is 1. The Labute approximate surface area is 159 Å². The molecule has 1 aliphatic rings. The van der Waals surface area contributed by atoms with Crippen LogP contribution < -0.4 is 0 Å². The quantitative estimate of drug-likeness (QED) is 0.675. The average Bonchev–Trinajstić information content (AvgIpc) is 3.03. The molecule has 0 amide bonds. The van der Waals surface area contributed by atoms with Crippen LogP contribution in [-0.4, -0.2) is 38.0 Å². The second kappa shape index (κ2) is 7.42. The van der Waals surface area contributed by atoms with E-state index in [1.54, 1.807) is 18.3 Å². The molecular weight excluding hydrogens is 399 g/mol. The summed E-state index contributed by atoms with van der Waals surface area (Å²) in [5, 5.41) is 10.6. The maximum absolute atomic E-state index is 13.0. The molecule has 0 bridgehead atoms. The fourth-order valence-electron chi connectivity index (χ4n) is 3.57. The first-order chi connectivity index (χ1) is 12.6. The van der Waals surface area contributed by atoms with Crippen LogP contribution in [-0.2, 0) is 6.54 Å². The van der Waals surface area contributed by atoms with Gasteiger partial charge in [-0.15, -0.1) is 0 Å². The number of halogens is 2. The zero-order chi connectivity index (χ0) is 18.1. The minimum absolute atomic E-state index is 0.199. The van der Waals surface area contributed by atoms with Crippen LogP contribution in [0.3, 0.4) is 0 Å². The Bertz CT molecular complexity index is 890. The number of nitrogens with zero attached hydrogens (tertiary/aromatic N) is 3. The number of hydrogen-bond donors (Lipinski definition) is 2. The molecule has 1 unspecified atom stereocenters. The van der Waals surface area contributed by atoms with Crippen molar-refractivity contribution in [1.29, 1.82) is 0 Å².